The first-order valence-electron chi connectivity index (χ1n) is 12.0. The number of hydrogen-bond donors (Lipinski definition) is 2. The summed E-state index contributed by atoms with van der Waals surface area (Å²) in [6.07, 6.45) is 1.74. The number of nitrogens with zero attached hydrogens (tertiary/aromatic N) is 6. The van der Waals surface area contributed by atoms with Gasteiger partial charge in [0.05, 0.1) is 17.4 Å². The van der Waals surface area contributed by atoms with E-state index >= 15 is 0 Å². The van der Waals surface area contributed by atoms with E-state index in [1.54, 1.807) is 17.8 Å². The Morgan fingerprint density at radius 3 is 2.51 bits per heavy atom. The van der Waals surface area contributed by atoms with Gasteiger partial charge in [0.1, 0.15) is 0 Å². The maximum atomic E-state index is 12.8. The van der Waals surface area contributed by atoms with Crippen molar-refractivity contribution in [3.63, 3.8) is 0 Å². The molecule has 0 saturated carbocycles. The van der Waals surface area contributed by atoms with Crippen molar-refractivity contribution in [3.05, 3.63) is 78.0 Å². The molecule has 3 heterocycles. The van der Waals surface area contributed by atoms with Crippen molar-refractivity contribution < 1.29 is 13.6 Å². The van der Waals surface area contributed by atoms with Crippen LogP contribution < -0.4 is 5.32 Å². The lowest BCUT2D eigenvalue weighted by Gasteiger charge is -2.32. The number of aromatic nitrogens is 3. The standard InChI is InChI=1S/C26H29N7O3S/c1-30-13-15-32(16-14-30)25(34)19-7-9-21(10-8-19)28-26-27-17-22-11-12-24(33(22)29-26)23-6-4-3-5-20(23)18-31(2)37(35)36/h3-12,17H,13-16,18H2,1-2H3,(H,28,29)(H,35,36). The third kappa shape index (κ3) is 5.54. The van der Waals surface area contributed by atoms with Crippen molar-refractivity contribution in [3.8, 4) is 11.3 Å². The Labute approximate surface area is 217 Å². The van der Waals surface area contributed by atoms with Gasteiger partial charge in [-0.25, -0.2) is 13.7 Å². The largest absolute Gasteiger partial charge is 0.336 e. The van der Waals surface area contributed by atoms with Gasteiger partial charge in [0.2, 0.25) is 17.2 Å². The van der Waals surface area contributed by atoms with E-state index in [0.29, 0.717) is 18.1 Å². The van der Waals surface area contributed by atoms with Crippen LogP contribution in [0.5, 0.6) is 0 Å². The SMILES string of the molecule is CN1CCN(C(=O)c2ccc(Nc3ncc4ccc(-c5ccccc5CN(C)S(=O)O)n4n3)cc2)CC1. The summed E-state index contributed by atoms with van der Waals surface area (Å²) in [7, 11) is 3.66. The molecule has 2 aromatic carbocycles. The van der Waals surface area contributed by atoms with Crippen LogP contribution in [0.1, 0.15) is 15.9 Å². The van der Waals surface area contributed by atoms with Crippen molar-refractivity contribution in [1.82, 2.24) is 28.7 Å². The molecule has 0 spiro atoms. The Morgan fingerprint density at radius 1 is 1.05 bits per heavy atom. The lowest BCUT2D eigenvalue weighted by molar-refractivity contribution is 0.0664. The minimum Gasteiger partial charge on any atom is -0.336 e. The average Bonchev–Trinajstić information content (AvgIpc) is 3.32. The summed E-state index contributed by atoms with van der Waals surface area (Å²) in [4.78, 5) is 21.4. The van der Waals surface area contributed by atoms with Crippen molar-refractivity contribution in [2.75, 3.05) is 45.6 Å². The molecule has 4 aromatic rings. The maximum Gasteiger partial charge on any atom is 0.253 e. The van der Waals surface area contributed by atoms with Crippen molar-refractivity contribution in [1.29, 1.82) is 0 Å². The van der Waals surface area contributed by atoms with Gasteiger partial charge in [0.15, 0.2) is 0 Å². The molecule has 192 valence electrons. The molecule has 37 heavy (non-hydrogen) atoms. The Balaban J connectivity index is 1.36. The maximum absolute atomic E-state index is 12.8. The Kier molecular flexibility index (Phi) is 7.28. The molecule has 2 N–H and O–H groups in total. The molecule has 11 heteroatoms. The molecule has 1 fully saturated rings. The van der Waals surface area contributed by atoms with Crippen molar-refractivity contribution in [2.24, 2.45) is 0 Å². The van der Waals surface area contributed by atoms with Crippen LogP contribution in [0.15, 0.2) is 66.9 Å². The highest BCUT2D eigenvalue weighted by atomic mass is 32.2. The topological polar surface area (TPSA) is 106 Å². The fraction of sp³-hybridized carbons (Fsp3) is 0.269. The first-order valence-corrected chi connectivity index (χ1v) is 13.1. The zero-order chi connectivity index (χ0) is 25.9. The second-order valence-electron chi connectivity index (χ2n) is 9.11. The predicted octanol–water partition coefficient (Wildman–Crippen LogP) is 3.10. The molecule has 10 nitrogen and oxygen atoms in total. The summed E-state index contributed by atoms with van der Waals surface area (Å²) < 4.78 is 24.0. The first-order chi connectivity index (χ1) is 17.9. The number of piperazine rings is 1. The zero-order valence-electron chi connectivity index (χ0n) is 20.7. The molecular formula is C26H29N7O3S. The van der Waals surface area contributed by atoms with E-state index in [1.807, 2.05) is 65.6 Å². The monoisotopic (exact) mass is 519 g/mol. The molecule has 0 radical (unpaired) electrons. The first kappa shape index (κ1) is 25.0. The van der Waals surface area contributed by atoms with Gasteiger partial charge in [0, 0.05) is 56.6 Å². The van der Waals surface area contributed by atoms with Crippen LogP contribution in [-0.4, -0.2) is 83.6 Å². The van der Waals surface area contributed by atoms with E-state index < -0.39 is 11.3 Å². The average molecular weight is 520 g/mol. The number of carbonyl (C=O) groups excluding carboxylic acids is 1. The third-order valence-electron chi connectivity index (χ3n) is 6.53. The smallest absolute Gasteiger partial charge is 0.253 e. The van der Waals surface area contributed by atoms with E-state index in [4.69, 9.17) is 5.10 Å². The summed E-state index contributed by atoms with van der Waals surface area (Å²) in [5.41, 5.74) is 4.92. The fourth-order valence-corrected chi connectivity index (χ4v) is 4.63. The Morgan fingerprint density at radius 2 is 1.78 bits per heavy atom. The molecule has 2 aromatic heterocycles. The highest BCUT2D eigenvalue weighted by Crippen LogP contribution is 2.27. The number of fused-ring (bicyclic) bond motifs is 1. The van der Waals surface area contributed by atoms with Crippen LogP contribution in [-0.2, 0) is 17.8 Å². The number of rotatable bonds is 7. The lowest BCUT2D eigenvalue weighted by atomic mass is 10.0. The molecule has 5 rings (SSSR count). The summed E-state index contributed by atoms with van der Waals surface area (Å²) >= 11 is -2.06. The van der Waals surface area contributed by atoms with Crippen LogP contribution in [0.4, 0.5) is 11.6 Å². The molecule has 1 aliphatic heterocycles. The molecule has 1 atom stereocenters. The quantitative estimate of drug-likeness (QED) is 0.362. The van der Waals surface area contributed by atoms with E-state index in [9.17, 15) is 13.6 Å². The van der Waals surface area contributed by atoms with Gasteiger partial charge >= 0.3 is 0 Å². The van der Waals surface area contributed by atoms with Crippen LogP contribution in [0, 0.1) is 0 Å². The van der Waals surface area contributed by atoms with Crippen LogP contribution in [0.2, 0.25) is 0 Å². The van der Waals surface area contributed by atoms with Gasteiger partial charge in [-0.1, -0.05) is 24.3 Å². The van der Waals surface area contributed by atoms with Gasteiger partial charge in [-0.2, -0.15) is 4.31 Å². The Hall–Kier alpha value is -3.64. The minimum absolute atomic E-state index is 0.0450. The highest BCUT2D eigenvalue weighted by Gasteiger charge is 2.20. The lowest BCUT2D eigenvalue weighted by Crippen LogP contribution is -2.47. The second kappa shape index (κ2) is 10.8. The highest BCUT2D eigenvalue weighted by molar-refractivity contribution is 7.76. The van der Waals surface area contributed by atoms with Gasteiger partial charge < -0.3 is 15.1 Å². The molecular weight excluding hydrogens is 490 g/mol. The number of amides is 1. The summed E-state index contributed by atoms with van der Waals surface area (Å²) in [6, 6.07) is 19.0. The summed E-state index contributed by atoms with van der Waals surface area (Å²) in [5, 5.41) is 7.91. The van der Waals surface area contributed by atoms with Gasteiger partial charge in [-0.15, -0.1) is 5.10 Å². The zero-order valence-corrected chi connectivity index (χ0v) is 21.6. The van der Waals surface area contributed by atoms with Gasteiger partial charge in [0.25, 0.3) is 5.91 Å². The van der Waals surface area contributed by atoms with Gasteiger partial charge in [-0.3, -0.25) is 9.35 Å². The molecule has 1 unspecified atom stereocenters. The number of benzene rings is 2. The van der Waals surface area contributed by atoms with Crippen LogP contribution in [0.25, 0.3) is 16.8 Å². The van der Waals surface area contributed by atoms with Crippen molar-refractivity contribution >= 4 is 34.3 Å². The summed E-state index contributed by atoms with van der Waals surface area (Å²) in [6.45, 7) is 3.55. The Bertz CT molecular complexity index is 1430. The van der Waals surface area contributed by atoms with E-state index in [-0.39, 0.29) is 5.91 Å². The number of carbonyl (C=O) groups is 1. The number of nitrogens with one attached hydrogen (secondary N) is 1. The normalized spacial score (nSPS) is 15.3. The summed E-state index contributed by atoms with van der Waals surface area (Å²) in [5.74, 6) is 0.456. The van der Waals surface area contributed by atoms with Crippen molar-refractivity contribution in [2.45, 2.75) is 6.54 Å². The third-order valence-corrected chi connectivity index (χ3v) is 7.19. The predicted molar refractivity (Wildman–Crippen MR) is 144 cm³/mol. The molecule has 1 aliphatic rings. The van der Waals surface area contributed by atoms with E-state index in [0.717, 1.165) is 54.2 Å². The van der Waals surface area contributed by atoms with Crippen LogP contribution >= 0.6 is 0 Å². The minimum atomic E-state index is -2.06. The number of anilines is 2. The number of likely N-dealkylation sites (N-methyl/N-ethyl adjacent to an activating group) is 1. The second-order valence-corrected chi connectivity index (χ2v) is 10.2. The number of hydrogen-bond acceptors (Lipinski definition) is 6. The van der Waals surface area contributed by atoms with Crippen LogP contribution in [0.3, 0.4) is 0 Å². The molecule has 0 aliphatic carbocycles. The van der Waals surface area contributed by atoms with E-state index in [1.165, 1.54) is 4.31 Å². The van der Waals surface area contributed by atoms with E-state index in [2.05, 4.69) is 22.2 Å². The molecule has 1 amide bonds. The molecule has 1 saturated heterocycles. The van der Waals surface area contributed by atoms with Gasteiger partial charge in [-0.05, 0) is 49.0 Å². The molecule has 0 bridgehead atoms. The fourth-order valence-electron chi connectivity index (χ4n) is 4.38.